The van der Waals surface area contributed by atoms with Gasteiger partial charge in [-0.15, -0.1) is 0 Å². The van der Waals surface area contributed by atoms with E-state index < -0.39 is 5.82 Å². The van der Waals surface area contributed by atoms with Crippen LogP contribution in [0.25, 0.3) is 16.5 Å². The second-order valence-electron chi connectivity index (χ2n) is 7.28. The number of halogens is 1. The van der Waals surface area contributed by atoms with Crippen LogP contribution in [0.1, 0.15) is 35.5 Å². The Kier molecular flexibility index (Phi) is 5.28. The number of carbonyl (C=O) groups is 2. The van der Waals surface area contributed by atoms with Crippen LogP contribution in [0.5, 0.6) is 0 Å². The highest BCUT2D eigenvalue weighted by Crippen LogP contribution is 2.34. The molecule has 0 unspecified atom stereocenters. The third kappa shape index (κ3) is 3.85. The predicted molar refractivity (Wildman–Crippen MR) is 115 cm³/mol. The summed E-state index contributed by atoms with van der Waals surface area (Å²) in [6.45, 7) is 4.37. The van der Waals surface area contributed by atoms with E-state index in [1.807, 2.05) is 38.1 Å². The second kappa shape index (κ2) is 7.87. The number of fused-ring (bicyclic) bond motifs is 3. The number of thioether (sulfide) groups is 1. The topological polar surface area (TPSA) is 53.2 Å². The summed E-state index contributed by atoms with van der Waals surface area (Å²) in [7, 11) is 0. The molecule has 0 bridgehead atoms. The van der Waals surface area contributed by atoms with E-state index >= 15 is 0 Å². The van der Waals surface area contributed by atoms with E-state index in [2.05, 4.69) is 4.98 Å². The molecular weight excluding hydrogens is 387 g/mol. The average Bonchev–Trinajstić information content (AvgIpc) is 2.95. The average molecular weight is 408 g/mol. The summed E-state index contributed by atoms with van der Waals surface area (Å²) in [4.78, 5) is 31.0. The van der Waals surface area contributed by atoms with Crippen molar-refractivity contribution < 1.29 is 14.0 Å². The van der Waals surface area contributed by atoms with Gasteiger partial charge in [0.25, 0.3) is 5.91 Å². The molecule has 1 N–H and O–H groups in total. The van der Waals surface area contributed by atoms with E-state index in [9.17, 15) is 14.0 Å². The Hall–Kier alpha value is -2.86. The number of H-pyrrole nitrogens is 1. The van der Waals surface area contributed by atoms with Crippen molar-refractivity contribution in [3.63, 3.8) is 0 Å². The number of nitrogens with zero attached hydrogens (tertiary/aromatic N) is 1. The molecule has 1 aliphatic heterocycles. The van der Waals surface area contributed by atoms with Gasteiger partial charge in [0.15, 0.2) is 0 Å². The van der Waals surface area contributed by atoms with Crippen LogP contribution in [0.3, 0.4) is 0 Å². The van der Waals surface area contributed by atoms with Gasteiger partial charge in [-0.25, -0.2) is 4.39 Å². The maximum absolute atomic E-state index is 13.2. The van der Waals surface area contributed by atoms with Gasteiger partial charge in [-0.2, -0.15) is 0 Å². The molecule has 0 atom stereocenters. The molecule has 148 valence electrons. The first-order valence-electron chi connectivity index (χ1n) is 9.53. The number of amides is 1. The summed E-state index contributed by atoms with van der Waals surface area (Å²) in [5.74, 6) is -0.641. The van der Waals surface area contributed by atoms with Crippen LogP contribution >= 0.6 is 11.8 Å². The van der Waals surface area contributed by atoms with Crippen molar-refractivity contribution in [1.82, 2.24) is 9.88 Å². The van der Waals surface area contributed by atoms with Gasteiger partial charge in [0.05, 0.1) is 11.3 Å². The van der Waals surface area contributed by atoms with Gasteiger partial charge in [-0.1, -0.05) is 43.8 Å². The number of aromatic nitrogens is 1. The molecule has 2 heterocycles. The second-order valence-corrected chi connectivity index (χ2v) is 8.83. The molecule has 0 radical (unpaired) electrons. The van der Waals surface area contributed by atoms with Crippen molar-refractivity contribution in [2.24, 2.45) is 0 Å². The van der Waals surface area contributed by atoms with Gasteiger partial charge in [0, 0.05) is 34.5 Å². The Labute approximate surface area is 172 Å². The van der Waals surface area contributed by atoms with Gasteiger partial charge in [-0.3, -0.25) is 9.59 Å². The molecule has 0 fully saturated rings. The highest BCUT2D eigenvalue weighted by atomic mass is 32.2. The molecule has 0 aliphatic carbocycles. The third-order valence-electron chi connectivity index (χ3n) is 4.89. The minimum absolute atomic E-state index is 0.0772. The molecule has 0 saturated carbocycles. The molecule has 4 nitrogen and oxygen atoms in total. The van der Waals surface area contributed by atoms with Gasteiger partial charge in [0.2, 0.25) is 5.12 Å². The fourth-order valence-electron chi connectivity index (χ4n) is 3.56. The van der Waals surface area contributed by atoms with E-state index in [0.717, 1.165) is 22.2 Å². The zero-order valence-corrected chi connectivity index (χ0v) is 17.1. The lowest BCUT2D eigenvalue weighted by Crippen LogP contribution is -2.27. The predicted octanol–water partition coefficient (Wildman–Crippen LogP) is 5.01. The van der Waals surface area contributed by atoms with Crippen molar-refractivity contribution in [2.45, 2.75) is 25.5 Å². The van der Waals surface area contributed by atoms with Crippen molar-refractivity contribution in [2.75, 3.05) is 6.54 Å². The van der Waals surface area contributed by atoms with Crippen LogP contribution in [0.4, 0.5) is 4.39 Å². The van der Waals surface area contributed by atoms with Crippen molar-refractivity contribution in [3.05, 3.63) is 77.4 Å². The van der Waals surface area contributed by atoms with E-state index in [1.54, 1.807) is 11.1 Å². The Morgan fingerprint density at radius 1 is 1.10 bits per heavy atom. The molecular formula is C23H21FN2O2S. The van der Waals surface area contributed by atoms with Crippen LogP contribution in [0.15, 0.2) is 54.7 Å². The Bertz CT molecular complexity index is 1120. The zero-order chi connectivity index (χ0) is 20.5. The standard InChI is InChI=1S/C23H21FN2O2S/c1-14(2)29-23(28)19-13-26(22(27)15-7-9-16(24)10-8-15)12-11-18-17-5-3-4-6-20(17)25-21(18)19/h3-10,13-14,25H,11-12H2,1-2H3. The number of benzene rings is 2. The molecule has 4 rings (SSSR count). The maximum atomic E-state index is 13.2. The molecule has 6 heteroatoms. The highest BCUT2D eigenvalue weighted by molar-refractivity contribution is 8.15. The van der Waals surface area contributed by atoms with Gasteiger partial charge in [0.1, 0.15) is 5.82 Å². The first-order chi connectivity index (χ1) is 13.9. The summed E-state index contributed by atoms with van der Waals surface area (Å²) in [5.41, 5.74) is 3.67. The first-order valence-corrected chi connectivity index (χ1v) is 10.4. The Morgan fingerprint density at radius 3 is 2.55 bits per heavy atom. The smallest absolute Gasteiger partial charge is 0.257 e. The number of carbonyl (C=O) groups excluding carboxylic acids is 2. The van der Waals surface area contributed by atoms with Crippen molar-refractivity contribution in [1.29, 1.82) is 0 Å². The SMILES string of the molecule is CC(C)SC(=O)C1=CN(C(=O)c2ccc(F)cc2)CCc2c1[nH]c1ccccc21. The normalized spacial score (nSPS) is 13.9. The molecule has 0 saturated heterocycles. The highest BCUT2D eigenvalue weighted by Gasteiger charge is 2.27. The maximum Gasteiger partial charge on any atom is 0.257 e. The summed E-state index contributed by atoms with van der Waals surface area (Å²) in [6.07, 6.45) is 2.26. The molecule has 3 aromatic rings. The number of rotatable bonds is 3. The quantitative estimate of drug-likeness (QED) is 0.662. The molecule has 2 aromatic carbocycles. The zero-order valence-electron chi connectivity index (χ0n) is 16.2. The van der Waals surface area contributed by atoms with E-state index in [1.165, 1.54) is 36.0 Å². The third-order valence-corrected chi connectivity index (χ3v) is 5.79. The number of hydrogen-bond donors (Lipinski definition) is 1. The molecule has 0 spiro atoms. The number of hydrogen-bond acceptors (Lipinski definition) is 3. The summed E-state index contributed by atoms with van der Waals surface area (Å²) >= 11 is 1.24. The largest absolute Gasteiger partial charge is 0.354 e. The van der Waals surface area contributed by atoms with Crippen LogP contribution in [-0.4, -0.2) is 32.7 Å². The minimum Gasteiger partial charge on any atom is -0.354 e. The lowest BCUT2D eigenvalue weighted by atomic mass is 10.0. The van der Waals surface area contributed by atoms with Gasteiger partial charge in [-0.05, 0) is 42.3 Å². The van der Waals surface area contributed by atoms with Crippen LogP contribution in [-0.2, 0) is 11.2 Å². The van der Waals surface area contributed by atoms with Gasteiger partial charge < -0.3 is 9.88 Å². The lowest BCUT2D eigenvalue weighted by molar-refractivity contribution is -0.106. The Morgan fingerprint density at radius 2 is 1.83 bits per heavy atom. The van der Waals surface area contributed by atoms with Crippen molar-refractivity contribution in [3.8, 4) is 0 Å². The molecule has 29 heavy (non-hydrogen) atoms. The molecule has 1 aromatic heterocycles. The first kappa shape index (κ1) is 19.5. The fourth-order valence-corrected chi connectivity index (χ4v) is 4.27. The lowest BCUT2D eigenvalue weighted by Gasteiger charge is -2.18. The molecule has 1 amide bonds. The van der Waals surface area contributed by atoms with Crippen molar-refractivity contribution >= 4 is 39.3 Å². The number of para-hydroxylation sites is 1. The van der Waals surface area contributed by atoms with Gasteiger partial charge >= 0.3 is 0 Å². The number of nitrogens with one attached hydrogen (secondary N) is 1. The van der Waals surface area contributed by atoms with E-state index in [0.29, 0.717) is 24.1 Å². The van der Waals surface area contributed by atoms with E-state index in [4.69, 9.17) is 0 Å². The Balaban J connectivity index is 1.79. The fraction of sp³-hybridized carbons (Fsp3) is 0.217. The number of aromatic amines is 1. The summed E-state index contributed by atoms with van der Waals surface area (Å²) < 4.78 is 13.2. The van der Waals surface area contributed by atoms with E-state index in [-0.39, 0.29) is 16.3 Å². The van der Waals surface area contributed by atoms with Crippen LogP contribution in [0, 0.1) is 5.82 Å². The van der Waals surface area contributed by atoms with Crippen LogP contribution in [0.2, 0.25) is 0 Å². The van der Waals surface area contributed by atoms with Crippen LogP contribution < -0.4 is 0 Å². The molecule has 1 aliphatic rings. The minimum atomic E-state index is -0.390. The summed E-state index contributed by atoms with van der Waals surface area (Å²) in [6, 6.07) is 13.4. The summed E-state index contributed by atoms with van der Waals surface area (Å²) in [5, 5.41) is 1.11. The monoisotopic (exact) mass is 408 g/mol.